The number of carbonyl (C=O) groups is 2. The zero-order valence-corrected chi connectivity index (χ0v) is 14.3. The number of nitrogens with zero attached hydrogens (tertiary/aromatic N) is 2. The summed E-state index contributed by atoms with van der Waals surface area (Å²) in [5.41, 5.74) is 3.59. The Hall–Kier alpha value is -2.53. The minimum Gasteiger partial charge on any atom is -0.291 e. The van der Waals surface area contributed by atoms with Crippen molar-refractivity contribution in [3.63, 3.8) is 0 Å². The molecular weight excluding hydrogens is 353 g/mol. The summed E-state index contributed by atoms with van der Waals surface area (Å²) in [4.78, 5) is 26.4. The number of hydrazine groups is 1. The quantitative estimate of drug-likeness (QED) is 0.659. The highest BCUT2D eigenvalue weighted by molar-refractivity contribution is 7.89. The first-order valence-electron chi connectivity index (χ1n) is 7.39. The second kappa shape index (κ2) is 5.77. The van der Waals surface area contributed by atoms with Crippen molar-refractivity contribution >= 4 is 27.4 Å². The summed E-state index contributed by atoms with van der Waals surface area (Å²) in [6.07, 6.45) is 3.62. The predicted octanol–water partition coefficient (Wildman–Crippen LogP) is 0.0851. The van der Waals surface area contributed by atoms with Gasteiger partial charge >= 0.3 is 5.91 Å². The fourth-order valence-corrected chi connectivity index (χ4v) is 3.69. The predicted molar refractivity (Wildman–Crippen MR) is 84.4 cm³/mol. The van der Waals surface area contributed by atoms with Crippen LogP contribution in [-0.2, 0) is 14.8 Å². The zero-order chi connectivity index (χ0) is 18.4. The molecule has 2 amide bonds. The molecule has 2 heterocycles. The topological polar surface area (TPSA) is 122 Å². The first kappa shape index (κ1) is 17.3. The van der Waals surface area contributed by atoms with Gasteiger partial charge in [0.25, 0.3) is 0 Å². The van der Waals surface area contributed by atoms with Crippen LogP contribution < -0.4 is 15.6 Å². The molecule has 0 radical (unpaired) electrons. The van der Waals surface area contributed by atoms with Gasteiger partial charge in [-0.2, -0.15) is 0 Å². The third kappa shape index (κ3) is 3.46. The number of aromatic nitrogens is 2. The SMILES string of the molecule is CC(=O)NNC(=O)c1ncc2c(F)cc(S(=O)(=O)NC3(C)CC3)cn12. The number of amides is 2. The number of halogens is 1. The number of nitrogens with one attached hydrogen (secondary N) is 3. The number of hydrogen-bond acceptors (Lipinski definition) is 5. The van der Waals surface area contributed by atoms with Crippen molar-refractivity contribution in [1.82, 2.24) is 25.0 Å². The maximum Gasteiger partial charge on any atom is 0.306 e. The van der Waals surface area contributed by atoms with Gasteiger partial charge in [-0.05, 0) is 25.8 Å². The monoisotopic (exact) mass is 369 g/mol. The average Bonchev–Trinajstić information content (AvgIpc) is 3.07. The molecule has 0 spiro atoms. The smallest absolute Gasteiger partial charge is 0.291 e. The summed E-state index contributed by atoms with van der Waals surface area (Å²) < 4.78 is 42.7. The summed E-state index contributed by atoms with van der Waals surface area (Å²) in [7, 11) is -3.96. The van der Waals surface area contributed by atoms with E-state index in [1.165, 1.54) is 6.92 Å². The Kier molecular flexibility index (Phi) is 4.00. The summed E-state index contributed by atoms with van der Waals surface area (Å²) in [6.45, 7) is 2.95. The van der Waals surface area contributed by atoms with Crippen molar-refractivity contribution < 1.29 is 22.4 Å². The molecule has 2 aromatic rings. The van der Waals surface area contributed by atoms with Crippen LogP contribution in [0.1, 0.15) is 37.3 Å². The molecule has 1 saturated carbocycles. The highest BCUT2D eigenvalue weighted by atomic mass is 32.2. The summed E-state index contributed by atoms with van der Waals surface area (Å²) in [5, 5.41) is 0. The molecule has 0 unspecified atom stereocenters. The van der Waals surface area contributed by atoms with Crippen molar-refractivity contribution in [3.8, 4) is 0 Å². The maximum atomic E-state index is 14.3. The minimum absolute atomic E-state index is 0.0652. The molecule has 0 atom stereocenters. The average molecular weight is 369 g/mol. The van der Waals surface area contributed by atoms with E-state index in [-0.39, 0.29) is 16.2 Å². The number of pyridine rings is 1. The molecule has 0 bridgehead atoms. The molecule has 9 nitrogen and oxygen atoms in total. The maximum absolute atomic E-state index is 14.3. The van der Waals surface area contributed by atoms with E-state index in [0.29, 0.717) is 12.8 Å². The third-order valence-corrected chi connectivity index (χ3v) is 5.42. The normalized spacial score (nSPS) is 15.8. The van der Waals surface area contributed by atoms with Gasteiger partial charge in [0.05, 0.1) is 6.20 Å². The molecule has 11 heteroatoms. The Labute approximate surface area is 142 Å². The van der Waals surface area contributed by atoms with Gasteiger partial charge in [0, 0.05) is 18.7 Å². The lowest BCUT2D eigenvalue weighted by Gasteiger charge is -2.13. The molecule has 3 rings (SSSR count). The van der Waals surface area contributed by atoms with Crippen LogP contribution in [0.3, 0.4) is 0 Å². The van der Waals surface area contributed by atoms with E-state index < -0.39 is 33.2 Å². The standard InChI is InChI=1S/C14H16FN5O4S/c1-8(21)17-18-13(22)12-16-6-11-10(15)5-9(7-20(11)12)25(23,24)19-14(2)3-4-14/h5-7,19H,3-4H2,1-2H3,(H,17,21)(H,18,22). The number of sulfonamides is 1. The Morgan fingerprint density at radius 1 is 1.32 bits per heavy atom. The van der Waals surface area contributed by atoms with Crippen molar-refractivity contribution in [2.45, 2.75) is 37.1 Å². The van der Waals surface area contributed by atoms with E-state index in [9.17, 15) is 22.4 Å². The summed E-state index contributed by atoms with van der Waals surface area (Å²) >= 11 is 0. The van der Waals surface area contributed by atoms with E-state index in [2.05, 4.69) is 20.6 Å². The van der Waals surface area contributed by atoms with Gasteiger partial charge in [0.15, 0.2) is 0 Å². The minimum atomic E-state index is -3.96. The molecule has 0 saturated heterocycles. The molecule has 134 valence electrons. The van der Waals surface area contributed by atoms with Gasteiger partial charge in [-0.1, -0.05) is 0 Å². The van der Waals surface area contributed by atoms with Crippen LogP contribution in [0.25, 0.3) is 5.52 Å². The van der Waals surface area contributed by atoms with Gasteiger partial charge in [-0.25, -0.2) is 22.5 Å². The van der Waals surface area contributed by atoms with E-state index in [4.69, 9.17) is 0 Å². The van der Waals surface area contributed by atoms with E-state index in [0.717, 1.165) is 22.9 Å². The van der Waals surface area contributed by atoms with Crippen molar-refractivity contribution in [3.05, 3.63) is 30.1 Å². The first-order valence-corrected chi connectivity index (χ1v) is 8.87. The van der Waals surface area contributed by atoms with Gasteiger partial charge < -0.3 is 0 Å². The lowest BCUT2D eigenvalue weighted by atomic mass is 10.4. The molecule has 3 N–H and O–H groups in total. The zero-order valence-electron chi connectivity index (χ0n) is 13.5. The van der Waals surface area contributed by atoms with Gasteiger partial charge in [0.2, 0.25) is 21.8 Å². The molecule has 0 aliphatic heterocycles. The fraction of sp³-hybridized carbons (Fsp3) is 0.357. The van der Waals surface area contributed by atoms with Crippen LogP contribution in [0.2, 0.25) is 0 Å². The van der Waals surface area contributed by atoms with Crippen LogP contribution in [0.5, 0.6) is 0 Å². The van der Waals surface area contributed by atoms with E-state index in [1.807, 2.05) is 0 Å². The lowest BCUT2D eigenvalue weighted by molar-refractivity contribution is -0.119. The number of hydrogen-bond donors (Lipinski definition) is 3. The second-order valence-electron chi connectivity index (χ2n) is 6.16. The van der Waals surface area contributed by atoms with Gasteiger partial charge in [-0.3, -0.25) is 24.8 Å². The van der Waals surface area contributed by atoms with Gasteiger partial charge in [0.1, 0.15) is 16.2 Å². The molecule has 0 aromatic carbocycles. The first-order chi connectivity index (χ1) is 11.6. The van der Waals surface area contributed by atoms with Crippen LogP contribution >= 0.6 is 0 Å². The largest absolute Gasteiger partial charge is 0.306 e. The molecule has 2 aromatic heterocycles. The van der Waals surface area contributed by atoms with E-state index in [1.54, 1.807) is 6.92 Å². The fourth-order valence-electron chi connectivity index (χ4n) is 2.22. The molecular formula is C14H16FN5O4S. The Balaban J connectivity index is 2.01. The number of rotatable bonds is 4. The van der Waals surface area contributed by atoms with Crippen LogP contribution in [0.15, 0.2) is 23.4 Å². The Morgan fingerprint density at radius 3 is 2.60 bits per heavy atom. The van der Waals surface area contributed by atoms with Crippen LogP contribution in [-0.4, -0.2) is 35.2 Å². The summed E-state index contributed by atoms with van der Waals surface area (Å²) in [6, 6.07) is 0.876. The number of carbonyl (C=O) groups excluding carboxylic acids is 2. The highest BCUT2D eigenvalue weighted by Crippen LogP contribution is 2.36. The molecule has 1 aliphatic carbocycles. The van der Waals surface area contributed by atoms with Crippen LogP contribution in [0, 0.1) is 5.82 Å². The molecule has 25 heavy (non-hydrogen) atoms. The number of fused-ring (bicyclic) bond motifs is 1. The lowest BCUT2D eigenvalue weighted by Crippen LogP contribution is -2.41. The van der Waals surface area contributed by atoms with Crippen molar-refractivity contribution in [1.29, 1.82) is 0 Å². The third-order valence-electron chi connectivity index (χ3n) is 3.81. The second-order valence-corrected chi connectivity index (χ2v) is 7.84. The number of imidazole rings is 1. The van der Waals surface area contributed by atoms with Crippen molar-refractivity contribution in [2.75, 3.05) is 0 Å². The van der Waals surface area contributed by atoms with Crippen LogP contribution in [0.4, 0.5) is 4.39 Å². The highest BCUT2D eigenvalue weighted by Gasteiger charge is 2.41. The Morgan fingerprint density at radius 2 is 2.00 bits per heavy atom. The Bertz CT molecular complexity index is 981. The van der Waals surface area contributed by atoms with Gasteiger partial charge in [-0.15, -0.1) is 0 Å². The van der Waals surface area contributed by atoms with E-state index >= 15 is 0 Å². The van der Waals surface area contributed by atoms with Crippen molar-refractivity contribution in [2.24, 2.45) is 0 Å². The molecule has 1 fully saturated rings. The molecule has 1 aliphatic rings. The summed E-state index contributed by atoms with van der Waals surface area (Å²) in [5.74, 6) is -2.43.